The number of carbonyl (C=O) groups is 2. The number of benzene rings is 2. The number of hydrogen-bond donors (Lipinski definition) is 2. The summed E-state index contributed by atoms with van der Waals surface area (Å²) in [5.74, 6) is -0.447. The summed E-state index contributed by atoms with van der Waals surface area (Å²) in [7, 11) is 0. The van der Waals surface area contributed by atoms with Crippen molar-refractivity contribution in [3.63, 3.8) is 0 Å². The van der Waals surface area contributed by atoms with Gasteiger partial charge in [0.1, 0.15) is 0 Å². The number of nitrogens with zero attached hydrogens (tertiary/aromatic N) is 2. The average Bonchev–Trinajstić information content (AvgIpc) is 3.16. The van der Waals surface area contributed by atoms with Gasteiger partial charge in [-0.3, -0.25) is 14.5 Å². The zero-order chi connectivity index (χ0) is 17.4. The third-order valence-corrected chi connectivity index (χ3v) is 4.69. The fraction of sp³-hybridized carbons (Fsp3) is 0.222. The van der Waals surface area contributed by atoms with Crippen LogP contribution in [0.2, 0.25) is 5.02 Å². The molecule has 0 aliphatic carbocycles. The molecule has 0 radical (unpaired) electrons. The Morgan fingerprint density at radius 2 is 1.64 bits per heavy atom. The van der Waals surface area contributed by atoms with Crippen LogP contribution in [0.25, 0.3) is 0 Å². The molecule has 0 spiro atoms. The maximum Gasteiger partial charge on any atom is 0.261 e. The number of amides is 2. The lowest BCUT2D eigenvalue weighted by Crippen LogP contribution is -2.43. The Bertz CT molecular complexity index is 789. The van der Waals surface area contributed by atoms with Crippen molar-refractivity contribution in [2.45, 2.75) is 12.6 Å². The van der Waals surface area contributed by atoms with Crippen LogP contribution in [0.1, 0.15) is 26.3 Å². The first kappa shape index (κ1) is 16.2. The number of fused-ring (bicyclic) bond motifs is 1. The van der Waals surface area contributed by atoms with Crippen LogP contribution in [0.4, 0.5) is 0 Å². The Balaban J connectivity index is 1.38. The number of hydrogen-bond acceptors (Lipinski definition) is 5. The molecule has 4 rings (SSSR count). The van der Waals surface area contributed by atoms with Crippen LogP contribution in [-0.4, -0.2) is 40.9 Å². The predicted molar refractivity (Wildman–Crippen MR) is 93.7 cm³/mol. The van der Waals surface area contributed by atoms with Crippen molar-refractivity contribution in [2.24, 2.45) is 0 Å². The molecule has 0 saturated carbocycles. The number of nitrogens with one attached hydrogen (secondary N) is 2. The Labute approximate surface area is 150 Å². The Kier molecular flexibility index (Phi) is 4.27. The minimum Gasteiger partial charge on any atom is -0.273 e. The van der Waals surface area contributed by atoms with E-state index in [1.165, 1.54) is 4.90 Å². The summed E-state index contributed by atoms with van der Waals surface area (Å²) in [5, 5.41) is 2.71. The van der Waals surface area contributed by atoms with Gasteiger partial charge in [-0.05, 0) is 29.8 Å². The Hall–Kier alpha value is -2.25. The Morgan fingerprint density at radius 3 is 2.28 bits per heavy atom. The van der Waals surface area contributed by atoms with Crippen LogP contribution < -0.4 is 11.0 Å². The molecule has 2 aliphatic rings. The van der Waals surface area contributed by atoms with Gasteiger partial charge >= 0.3 is 0 Å². The molecule has 0 bridgehead atoms. The number of halogens is 1. The fourth-order valence-electron chi connectivity index (χ4n) is 3.18. The van der Waals surface area contributed by atoms with Gasteiger partial charge in [0.05, 0.1) is 17.2 Å². The van der Waals surface area contributed by atoms with Crippen LogP contribution >= 0.6 is 11.6 Å². The molecule has 7 heteroatoms. The molecule has 0 aromatic heterocycles. The van der Waals surface area contributed by atoms with Gasteiger partial charge < -0.3 is 0 Å². The van der Waals surface area contributed by atoms with E-state index < -0.39 is 0 Å². The van der Waals surface area contributed by atoms with Crippen LogP contribution in [0.5, 0.6) is 0 Å². The zero-order valence-electron chi connectivity index (χ0n) is 13.4. The normalized spacial score (nSPS) is 20.4. The second-order valence-corrected chi connectivity index (χ2v) is 6.66. The highest BCUT2D eigenvalue weighted by atomic mass is 35.5. The van der Waals surface area contributed by atoms with E-state index in [-0.39, 0.29) is 17.9 Å². The smallest absolute Gasteiger partial charge is 0.261 e. The molecule has 1 unspecified atom stereocenters. The number of rotatable bonds is 4. The van der Waals surface area contributed by atoms with Crippen molar-refractivity contribution < 1.29 is 9.59 Å². The molecule has 2 heterocycles. The lowest BCUT2D eigenvalue weighted by atomic mass is 10.1. The highest BCUT2D eigenvalue weighted by Gasteiger charge is 2.37. The lowest BCUT2D eigenvalue weighted by molar-refractivity contribution is 0.0642. The minimum absolute atomic E-state index is 0.0329. The minimum atomic E-state index is -0.224. The van der Waals surface area contributed by atoms with Gasteiger partial charge in [-0.25, -0.2) is 10.4 Å². The van der Waals surface area contributed by atoms with Crippen LogP contribution in [0, 0.1) is 0 Å². The molecule has 25 heavy (non-hydrogen) atoms. The largest absolute Gasteiger partial charge is 0.273 e. The summed E-state index contributed by atoms with van der Waals surface area (Å²) >= 11 is 5.90. The topological polar surface area (TPSA) is 64.7 Å². The van der Waals surface area contributed by atoms with Gasteiger partial charge in [0.2, 0.25) is 0 Å². The summed E-state index contributed by atoms with van der Waals surface area (Å²) in [6.45, 7) is 1.70. The molecule has 1 saturated heterocycles. The molecule has 1 fully saturated rings. The molecule has 2 aromatic rings. The van der Waals surface area contributed by atoms with E-state index in [0.29, 0.717) is 35.8 Å². The van der Waals surface area contributed by atoms with Crippen molar-refractivity contribution in [1.29, 1.82) is 0 Å². The van der Waals surface area contributed by atoms with E-state index >= 15 is 0 Å². The second kappa shape index (κ2) is 6.57. The molecule has 2 N–H and O–H groups in total. The Morgan fingerprint density at radius 1 is 1.00 bits per heavy atom. The summed E-state index contributed by atoms with van der Waals surface area (Å²) < 4.78 is 0. The number of carbonyl (C=O) groups excluding carboxylic acids is 2. The van der Waals surface area contributed by atoms with Gasteiger partial charge in [-0.15, -0.1) is 0 Å². The van der Waals surface area contributed by atoms with Crippen molar-refractivity contribution in [3.8, 4) is 0 Å². The van der Waals surface area contributed by atoms with Crippen LogP contribution in [-0.2, 0) is 6.54 Å². The summed E-state index contributed by atoms with van der Waals surface area (Å²) in [6.07, 6.45) is 0. The van der Waals surface area contributed by atoms with Crippen molar-refractivity contribution in [1.82, 2.24) is 20.9 Å². The third-order valence-electron chi connectivity index (χ3n) is 4.44. The van der Waals surface area contributed by atoms with E-state index in [9.17, 15) is 9.59 Å². The highest BCUT2D eigenvalue weighted by Crippen LogP contribution is 2.23. The predicted octanol–water partition coefficient (Wildman–Crippen LogP) is 1.83. The molecule has 6 nitrogen and oxygen atoms in total. The van der Waals surface area contributed by atoms with Crippen molar-refractivity contribution in [3.05, 3.63) is 70.2 Å². The number of imide groups is 1. The van der Waals surface area contributed by atoms with Gasteiger partial charge in [0.25, 0.3) is 11.8 Å². The molecular weight excluding hydrogens is 340 g/mol. The van der Waals surface area contributed by atoms with Crippen molar-refractivity contribution in [2.75, 3.05) is 13.1 Å². The standard InChI is InChI=1S/C18H17ClN4O2/c19-13-7-5-12(6-8-13)9-22-10-14(20-21-22)11-23-17(24)15-3-1-2-4-16(15)18(23)25/h1-8,14,20-21H,9-11H2. The molecule has 2 aromatic carbocycles. The quantitative estimate of drug-likeness (QED) is 0.818. The molecule has 2 amide bonds. The van der Waals surface area contributed by atoms with Crippen LogP contribution in [0.15, 0.2) is 48.5 Å². The van der Waals surface area contributed by atoms with Gasteiger partial charge in [0, 0.05) is 24.7 Å². The molecular formula is C18H17ClN4O2. The first-order chi connectivity index (χ1) is 12.1. The van der Waals surface area contributed by atoms with Gasteiger partial charge in [-0.2, -0.15) is 5.53 Å². The summed E-state index contributed by atoms with van der Waals surface area (Å²) in [6, 6.07) is 14.6. The first-order valence-corrected chi connectivity index (χ1v) is 8.45. The van der Waals surface area contributed by atoms with E-state index in [1.54, 1.807) is 24.3 Å². The molecule has 128 valence electrons. The maximum atomic E-state index is 12.4. The first-order valence-electron chi connectivity index (χ1n) is 8.07. The summed E-state index contributed by atoms with van der Waals surface area (Å²) in [4.78, 5) is 26.2. The van der Waals surface area contributed by atoms with E-state index in [2.05, 4.69) is 11.0 Å². The van der Waals surface area contributed by atoms with Crippen LogP contribution in [0.3, 0.4) is 0 Å². The fourth-order valence-corrected chi connectivity index (χ4v) is 3.31. The van der Waals surface area contributed by atoms with Gasteiger partial charge in [0.15, 0.2) is 0 Å². The zero-order valence-corrected chi connectivity index (χ0v) is 14.2. The van der Waals surface area contributed by atoms with Crippen molar-refractivity contribution >= 4 is 23.4 Å². The second-order valence-electron chi connectivity index (χ2n) is 6.23. The maximum absolute atomic E-state index is 12.4. The average molecular weight is 357 g/mol. The van der Waals surface area contributed by atoms with E-state index in [1.807, 2.05) is 29.3 Å². The molecule has 1 atom stereocenters. The monoisotopic (exact) mass is 356 g/mol. The van der Waals surface area contributed by atoms with Gasteiger partial charge in [-0.1, -0.05) is 35.9 Å². The highest BCUT2D eigenvalue weighted by molar-refractivity contribution is 6.30. The third kappa shape index (κ3) is 3.17. The van der Waals surface area contributed by atoms with E-state index in [0.717, 1.165) is 5.56 Å². The number of hydrazine groups is 2. The molecule has 2 aliphatic heterocycles. The SMILES string of the molecule is O=C1c2ccccc2C(=O)N1CC1CN(Cc2ccc(Cl)cc2)NN1. The summed E-state index contributed by atoms with van der Waals surface area (Å²) in [5.41, 5.74) is 8.32. The lowest BCUT2D eigenvalue weighted by Gasteiger charge is -2.18. The van der Waals surface area contributed by atoms with E-state index in [4.69, 9.17) is 11.6 Å².